The zero-order chi connectivity index (χ0) is 14.1. The molecular weight excluding hydrogens is 264 g/mol. The van der Waals surface area contributed by atoms with E-state index in [0.717, 1.165) is 29.1 Å². The van der Waals surface area contributed by atoms with Gasteiger partial charge in [-0.15, -0.1) is 0 Å². The monoisotopic (exact) mass is 276 g/mol. The van der Waals surface area contributed by atoms with Crippen LogP contribution in [0.5, 0.6) is 0 Å². The van der Waals surface area contributed by atoms with Crippen LogP contribution in [0.15, 0.2) is 65.8 Å². The second-order valence-corrected chi connectivity index (χ2v) is 4.77. The zero-order valence-corrected chi connectivity index (χ0v) is 11.2. The standard InChI is InChI=1S/C16H12N4O/c1-2-4-12(5-3-1)8-14-16(21-11-18-14)13-6-7-20-15(9-13)17-10-19-20/h1-7,9-11H,8H2. The lowest BCUT2D eigenvalue weighted by Crippen LogP contribution is -1.92. The summed E-state index contributed by atoms with van der Waals surface area (Å²) in [4.78, 5) is 8.54. The minimum atomic E-state index is 0.741. The van der Waals surface area contributed by atoms with Gasteiger partial charge in [0.05, 0.1) is 5.69 Å². The maximum Gasteiger partial charge on any atom is 0.181 e. The molecule has 0 aliphatic heterocycles. The molecule has 0 atom stereocenters. The van der Waals surface area contributed by atoms with Crippen LogP contribution in [0, 0.1) is 0 Å². The predicted octanol–water partition coefficient (Wildman–Crippen LogP) is 2.98. The fourth-order valence-electron chi connectivity index (χ4n) is 2.38. The summed E-state index contributed by atoms with van der Waals surface area (Å²) in [5.41, 5.74) is 3.87. The largest absolute Gasteiger partial charge is 0.443 e. The molecule has 5 nitrogen and oxygen atoms in total. The maximum absolute atomic E-state index is 5.58. The normalized spacial score (nSPS) is 11.0. The smallest absolute Gasteiger partial charge is 0.181 e. The first-order valence-corrected chi connectivity index (χ1v) is 6.66. The van der Waals surface area contributed by atoms with Crippen LogP contribution in [0.25, 0.3) is 17.0 Å². The second kappa shape index (κ2) is 4.86. The molecule has 21 heavy (non-hydrogen) atoms. The van der Waals surface area contributed by atoms with Gasteiger partial charge in [-0.05, 0) is 17.7 Å². The van der Waals surface area contributed by atoms with Crippen LogP contribution < -0.4 is 0 Å². The Morgan fingerprint density at radius 3 is 2.86 bits per heavy atom. The molecule has 0 N–H and O–H groups in total. The highest BCUT2D eigenvalue weighted by Gasteiger charge is 2.12. The van der Waals surface area contributed by atoms with Crippen LogP contribution in [0.4, 0.5) is 0 Å². The van der Waals surface area contributed by atoms with E-state index >= 15 is 0 Å². The van der Waals surface area contributed by atoms with E-state index in [2.05, 4.69) is 27.2 Å². The molecule has 0 saturated heterocycles. The number of benzene rings is 1. The van der Waals surface area contributed by atoms with Gasteiger partial charge >= 0.3 is 0 Å². The van der Waals surface area contributed by atoms with Gasteiger partial charge in [-0.1, -0.05) is 30.3 Å². The number of hydrogen-bond acceptors (Lipinski definition) is 4. The van der Waals surface area contributed by atoms with Crippen molar-refractivity contribution in [2.75, 3.05) is 0 Å². The summed E-state index contributed by atoms with van der Waals surface area (Å²) in [6, 6.07) is 14.1. The van der Waals surface area contributed by atoms with Crippen molar-refractivity contribution in [2.24, 2.45) is 0 Å². The molecule has 0 fully saturated rings. The van der Waals surface area contributed by atoms with Crippen molar-refractivity contribution in [3.05, 3.63) is 72.6 Å². The van der Waals surface area contributed by atoms with Crippen molar-refractivity contribution >= 4 is 5.65 Å². The molecule has 3 heterocycles. The first-order valence-electron chi connectivity index (χ1n) is 6.66. The number of hydrogen-bond donors (Lipinski definition) is 0. The van der Waals surface area contributed by atoms with Crippen LogP contribution in [0.2, 0.25) is 0 Å². The Balaban J connectivity index is 1.74. The number of rotatable bonds is 3. The third-order valence-electron chi connectivity index (χ3n) is 3.40. The topological polar surface area (TPSA) is 56.2 Å². The van der Waals surface area contributed by atoms with Crippen LogP contribution in [-0.4, -0.2) is 19.6 Å². The minimum Gasteiger partial charge on any atom is -0.443 e. The lowest BCUT2D eigenvalue weighted by molar-refractivity contribution is 0.571. The fourth-order valence-corrected chi connectivity index (χ4v) is 2.38. The third-order valence-corrected chi connectivity index (χ3v) is 3.40. The lowest BCUT2D eigenvalue weighted by Gasteiger charge is -2.02. The van der Waals surface area contributed by atoms with Crippen LogP contribution >= 0.6 is 0 Å². The van der Waals surface area contributed by atoms with Crippen molar-refractivity contribution < 1.29 is 4.42 Å². The SMILES string of the molecule is c1ccc(Cc2ncoc2-c2ccn3ncnc3c2)cc1. The van der Waals surface area contributed by atoms with Crippen molar-refractivity contribution in [2.45, 2.75) is 6.42 Å². The highest BCUT2D eigenvalue weighted by molar-refractivity contribution is 5.64. The van der Waals surface area contributed by atoms with Crippen molar-refractivity contribution in [3.63, 3.8) is 0 Å². The Hall–Kier alpha value is -2.95. The van der Waals surface area contributed by atoms with E-state index in [-0.39, 0.29) is 0 Å². The average molecular weight is 276 g/mol. The van der Waals surface area contributed by atoms with Gasteiger partial charge in [-0.3, -0.25) is 0 Å². The van der Waals surface area contributed by atoms with E-state index in [1.807, 2.05) is 36.5 Å². The molecule has 0 spiro atoms. The molecule has 0 aliphatic rings. The molecule has 0 bridgehead atoms. The summed E-state index contributed by atoms with van der Waals surface area (Å²) in [6.45, 7) is 0. The molecule has 4 rings (SSSR count). The highest BCUT2D eigenvalue weighted by Crippen LogP contribution is 2.25. The maximum atomic E-state index is 5.58. The molecule has 0 saturated carbocycles. The lowest BCUT2D eigenvalue weighted by atomic mass is 10.1. The highest BCUT2D eigenvalue weighted by atomic mass is 16.3. The molecule has 0 unspecified atom stereocenters. The number of nitrogens with zero attached hydrogens (tertiary/aromatic N) is 4. The molecule has 102 valence electrons. The van der Waals surface area contributed by atoms with Crippen molar-refractivity contribution in [1.82, 2.24) is 19.6 Å². The minimum absolute atomic E-state index is 0.741. The van der Waals surface area contributed by atoms with Gasteiger partial charge in [-0.2, -0.15) is 5.10 Å². The molecule has 0 radical (unpaired) electrons. The Kier molecular flexibility index (Phi) is 2.74. The molecule has 0 aliphatic carbocycles. The third kappa shape index (κ3) is 2.18. The van der Waals surface area contributed by atoms with E-state index in [1.165, 1.54) is 18.3 Å². The van der Waals surface area contributed by atoms with Crippen LogP contribution in [0.3, 0.4) is 0 Å². The van der Waals surface area contributed by atoms with Crippen molar-refractivity contribution in [1.29, 1.82) is 0 Å². The zero-order valence-electron chi connectivity index (χ0n) is 11.2. The second-order valence-electron chi connectivity index (χ2n) is 4.77. The van der Waals surface area contributed by atoms with Gasteiger partial charge in [0.15, 0.2) is 17.8 Å². The molecular formula is C16H12N4O. The number of fused-ring (bicyclic) bond motifs is 1. The van der Waals surface area contributed by atoms with Gasteiger partial charge in [0.25, 0.3) is 0 Å². The molecule has 4 aromatic rings. The Morgan fingerprint density at radius 2 is 1.95 bits per heavy atom. The number of aromatic nitrogens is 4. The number of oxazole rings is 1. The molecule has 0 amide bonds. The van der Waals surface area contributed by atoms with Gasteiger partial charge in [-0.25, -0.2) is 14.5 Å². The molecule has 1 aromatic carbocycles. The first-order chi connectivity index (χ1) is 10.4. The van der Waals surface area contributed by atoms with E-state index in [0.29, 0.717) is 0 Å². The summed E-state index contributed by atoms with van der Waals surface area (Å²) in [7, 11) is 0. The van der Waals surface area contributed by atoms with Gasteiger partial charge in [0.2, 0.25) is 0 Å². The summed E-state index contributed by atoms with van der Waals surface area (Å²) >= 11 is 0. The molecule has 5 heteroatoms. The Bertz CT molecular complexity index is 879. The van der Waals surface area contributed by atoms with Crippen LogP contribution in [-0.2, 0) is 6.42 Å². The van der Waals surface area contributed by atoms with E-state index in [1.54, 1.807) is 4.52 Å². The van der Waals surface area contributed by atoms with Gasteiger partial charge < -0.3 is 4.42 Å². The summed E-state index contributed by atoms with van der Waals surface area (Å²) in [5, 5.41) is 4.09. The summed E-state index contributed by atoms with van der Waals surface area (Å²) in [5.74, 6) is 0.782. The van der Waals surface area contributed by atoms with Gasteiger partial charge in [0, 0.05) is 18.2 Å². The molecule has 3 aromatic heterocycles. The van der Waals surface area contributed by atoms with Gasteiger partial charge in [0.1, 0.15) is 6.33 Å². The van der Waals surface area contributed by atoms with Crippen LogP contribution in [0.1, 0.15) is 11.3 Å². The average Bonchev–Trinajstić information content (AvgIpc) is 3.16. The fraction of sp³-hybridized carbons (Fsp3) is 0.0625. The summed E-state index contributed by atoms with van der Waals surface area (Å²) < 4.78 is 7.30. The number of pyridine rings is 1. The van der Waals surface area contributed by atoms with E-state index in [4.69, 9.17) is 4.42 Å². The Morgan fingerprint density at radius 1 is 1.05 bits per heavy atom. The Labute approximate surface area is 120 Å². The first kappa shape index (κ1) is 11.8. The predicted molar refractivity (Wildman–Crippen MR) is 77.7 cm³/mol. The van der Waals surface area contributed by atoms with E-state index < -0.39 is 0 Å². The van der Waals surface area contributed by atoms with E-state index in [9.17, 15) is 0 Å². The van der Waals surface area contributed by atoms with Crippen molar-refractivity contribution in [3.8, 4) is 11.3 Å². The summed E-state index contributed by atoms with van der Waals surface area (Å²) in [6.07, 6.45) is 5.63. The quantitative estimate of drug-likeness (QED) is 0.577.